The van der Waals surface area contributed by atoms with E-state index in [0.29, 0.717) is 5.75 Å². The highest BCUT2D eigenvalue weighted by molar-refractivity contribution is 9.10. The fourth-order valence-electron chi connectivity index (χ4n) is 2.13. The molecule has 0 spiro atoms. The first-order valence-electron chi connectivity index (χ1n) is 7.85. The summed E-state index contributed by atoms with van der Waals surface area (Å²) in [6.07, 6.45) is -0.910. The second kappa shape index (κ2) is 9.04. The van der Waals surface area contributed by atoms with Crippen molar-refractivity contribution in [3.05, 3.63) is 52.5 Å². The quantitative estimate of drug-likeness (QED) is 0.543. The van der Waals surface area contributed by atoms with Crippen LogP contribution in [0.4, 0.5) is 0 Å². The van der Waals surface area contributed by atoms with Gasteiger partial charge >= 0.3 is 0 Å². The minimum absolute atomic E-state index is 0.109. The van der Waals surface area contributed by atoms with Crippen LogP contribution in [0.1, 0.15) is 17.3 Å². The number of ether oxygens (including phenoxy) is 2. The third-order valence-electron chi connectivity index (χ3n) is 3.52. The molecule has 0 saturated carbocycles. The second-order valence-electron chi connectivity index (χ2n) is 5.57. The molecular weight excluding hydrogens is 454 g/mol. The van der Waals surface area contributed by atoms with Gasteiger partial charge in [0, 0.05) is 4.47 Å². The number of hydrazine groups is 1. The van der Waals surface area contributed by atoms with E-state index >= 15 is 0 Å². The van der Waals surface area contributed by atoms with Gasteiger partial charge in [0.25, 0.3) is 11.8 Å². The minimum Gasteiger partial charge on any atom is -0.496 e. The topological polar surface area (TPSA) is 137 Å². The lowest BCUT2D eigenvalue weighted by molar-refractivity contribution is -0.128. The molecule has 0 aromatic heterocycles. The molecule has 2 aromatic rings. The summed E-state index contributed by atoms with van der Waals surface area (Å²) in [5, 5.41) is 5.07. The molecule has 11 heteroatoms. The van der Waals surface area contributed by atoms with E-state index in [-0.39, 0.29) is 16.2 Å². The molecule has 0 aliphatic heterocycles. The highest BCUT2D eigenvalue weighted by Crippen LogP contribution is 2.22. The third kappa shape index (κ3) is 5.68. The zero-order valence-corrected chi connectivity index (χ0v) is 17.3. The monoisotopic (exact) mass is 471 g/mol. The first-order valence-corrected chi connectivity index (χ1v) is 10.2. The van der Waals surface area contributed by atoms with Gasteiger partial charge in [0.1, 0.15) is 11.5 Å². The molecule has 2 aromatic carbocycles. The van der Waals surface area contributed by atoms with Gasteiger partial charge in [-0.15, -0.1) is 0 Å². The highest BCUT2D eigenvalue weighted by atomic mass is 79.9. The van der Waals surface area contributed by atoms with Gasteiger partial charge in [0.2, 0.25) is 10.0 Å². The molecule has 9 nitrogen and oxygen atoms in total. The van der Waals surface area contributed by atoms with E-state index in [0.717, 1.165) is 10.5 Å². The molecule has 0 bridgehead atoms. The molecule has 1 unspecified atom stereocenters. The molecule has 0 saturated heterocycles. The largest absolute Gasteiger partial charge is 0.496 e. The van der Waals surface area contributed by atoms with Crippen LogP contribution in [0.2, 0.25) is 0 Å². The normalized spacial score (nSPS) is 12.0. The number of primary sulfonamides is 1. The molecule has 0 heterocycles. The van der Waals surface area contributed by atoms with Crippen molar-refractivity contribution in [1.82, 2.24) is 10.9 Å². The average molecular weight is 472 g/mol. The van der Waals surface area contributed by atoms with Crippen molar-refractivity contribution >= 4 is 37.8 Å². The van der Waals surface area contributed by atoms with Gasteiger partial charge in [-0.2, -0.15) is 0 Å². The van der Waals surface area contributed by atoms with E-state index in [1.54, 1.807) is 24.3 Å². The first kappa shape index (κ1) is 21.7. The van der Waals surface area contributed by atoms with Gasteiger partial charge in [-0.3, -0.25) is 20.4 Å². The van der Waals surface area contributed by atoms with Crippen molar-refractivity contribution in [2.45, 2.75) is 17.9 Å². The number of carbonyl (C=O) groups is 2. The van der Waals surface area contributed by atoms with E-state index in [2.05, 4.69) is 26.8 Å². The summed E-state index contributed by atoms with van der Waals surface area (Å²) in [7, 11) is -2.70. The Kier molecular flexibility index (Phi) is 7.00. The van der Waals surface area contributed by atoms with Crippen LogP contribution in [0, 0.1) is 0 Å². The van der Waals surface area contributed by atoms with Gasteiger partial charge in [-0.25, -0.2) is 13.6 Å². The number of carbonyl (C=O) groups excluding carboxylic acids is 2. The number of methoxy groups -OCH3 is 1. The van der Waals surface area contributed by atoms with Crippen LogP contribution >= 0.6 is 15.9 Å². The Balaban J connectivity index is 2.05. The maximum atomic E-state index is 12.3. The Labute approximate surface area is 170 Å². The van der Waals surface area contributed by atoms with Crippen molar-refractivity contribution in [2.75, 3.05) is 7.11 Å². The fourth-order valence-corrected chi connectivity index (χ4v) is 3.04. The average Bonchev–Trinajstić information content (AvgIpc) is 2.64. The van der Waals surface area contributed by atoms with Crippen molar-refractivity contribution in [2.24, 2.45) is 5.14 Å². The predicted molar refractivity (Wildman–Crippen MR) is 104 cm³/mol. The molecule has 0 fully saturated rings. The number of hydrogen-bond donors (Lipinski definition) is 3. The summed E-state index contributed by atoms with van der Waals surface area (Å²) >= 11 is 3.30. The van der Waals surface area contributed by atoms with Crippen LogP contribution in [-0.2, 0) is 14.8 Å². The van der Waals surface area contributed by atoms with E-state index in [1.165, 1.54) is 26.2 Å². The third-order valence-corrected chi connectivity index (χ3v) is 4.93. The molecule has 0 aliphatic carbocycles. The molecule has 4 N–H and O–H groups in total. The van der Waals surface area contributed by atoms with Gasteiger partial charge in [-0.05, 0) is 43.3 Å². The zero-order chi connectivity index (χ0) is 20.9. The SMILES string of the molecule is COc1ccc(S(N)(=O)=O)cc1C(=O)NNC(=O)C(C)Oc1cccc(Br)c1. The lowest BCUT2D eigenvalue weighted by Gasteiger charge is -2.16. The number of nitrogens with one attached hydrogen (secondary N) is 2. The molecule has 2 rings (SSSR count). The van der Waals surface area contributed by atoms with Crippen LogP contribution in [0.3, 0.4) is 0 Å². The molecule has 1 atom stereocenters. The molecule has 0 radical (unpaired) electrons. The zero-order valence-electron chi connectivity index (χ0n) is 14.9. The number of amides is 2. The maximum Gasteiger partial charge on any atom is 0.279 e. The first-order chi connectivity index (χ1) is 13.1. The molecule has 150 valence electrons. The Morgan fingerprint density at radius 1 is 1.14 bits per heavy atom. The lowest BCUT2D eigenvalue weighted by atomic mass is 10.2. The second-order valence-corrected chi connectivity index (χ2v) is 8.05. The van der Waals surface area contributed by atoms with Gasteiger partial charge < -0.3 is 9.47 Å². The van der Waals surface area contributed by atoms with E-state index in [9.17, 15) is 18.0 Å². The standard InChI is InChI=1S/C17H18BrN3O6S/c1-10(27-12-5-3-4-11(18)8-12)16(22)20-21-17(23)14-9-13(28(19,24)25)6-7-15(14)26-2/h3-10H,1-2H3,(H,20,22)(H,21,23)(H2,19,24,25). The van der Waals surface area contributed by atoms with Crippen molar-refractivity contribution in [3.63, 3.8) is 0 Å². The van der Waals surface area contributed by atoms with Crippen LogP contribution in [-0.4, -0.2) is 33.4 Å². The summed E-state index contributed by atoms with van der Waals surface area (Å²) in [6.45, 7) is 1.50. The predicted octanol–water partition coefficient (Wildman–Crippen LogP) is 1.33. The Morgan fingerprint density at radius 2 is 1.86 bits per heavy atom. The minimum atomic E-state index is -4.01. The van der Waals surface area contributed by atoms with Crippen LogP contribution in [0.15, 0.2) is 51.8 Å². The number of sulfonamides is 1. The summed E-state index contributed by atoms with van der Waals surface area (Å²) in [5.41, 5.74) is 4.28. The van der Waals surface area contributed by atoms with E-state index in [4.69, 9.17) is 14.6 Å². The summed E-state index contributed by atoms with van der Waals surface area (Å²) in [6, 6.07) is 10.5. The summed E-state index contributed by atoms with van der Waals surface area (Å²) in [5.74, 6) is -0.830. The highest BCUT2D eigenvalue weighted by Gasteiger charge is 2.20. The number of rotatable bonds is 6. The van der Waals surface area contributed by atoms with Crippen LogP contribution < -0.4 is 25.5 Å². The van der Waals surface area contributed by atoms with Crippen LogP contribution in [0.25, 0.3) is 0 Å². The van der Waals surface area contributed by atoms with Crippen molar-refractivity contribution in [1.29, 1.82) is 0 Å². The molecule has 0 aliphatic rings. The van der Waals surface area contributed by atoms with Gasteiger partial charge in [0.15, 0.2) is 6.10 Å². The number of halogens is 1. The molecular formula is C17H18BrN3O6S. The van der Waals surface area contributed by atoms with E-state index < -0.39 is 27.9 Å². The van der Waals surface area contributed by atoms with Crippen molar-refractivity contribution < 1.29 is 27.5 Å². The van der Waals surface area contributed by atoms with Gasteiger partial charge in [-0.1, -0.05) is 22.0 Å². The smallest absolute Gasteiger partial charge is 0.279 e. The fraction of sp³-hybridized carbons (Fsp3) is 0.176. The van der Waals surface area contributed by atoms with Gasteiger partial charge in [0.05, 0.1) is 17.6 Å². The Hall–Kier alpha value is -2.63. The summed E-state index contributed by atoms with van der Waals surface area (Å²) in [4.78, 5) is 24.2. The Morgan fingerprint density at radius 3 is 2.46 bits per heavy atom. The van der Waals surface area contributed by atoms with Crippen molar-refractivity contribution in [3.8, 4) is 11.5 Å². The van der Waals surface area contributed by atoms with E-state index in [1.807, 2.05) is 0 Å². The number of nitrogens with two attached hydrogens (primary N) is 1. The number of hydrogen-bond acceptors (Lipinski definition) is 6. The lowest BCUT2D eigenvalue weighted by Crippen LogP contribution is -2.47. The van der Waals surface area contributed by atoms with Crippen LogP contribution in [0.5, 0.6) is 11.5 Å². The summed E-state index contributed by atoms with van der Waals surface area (Å²) < 4.78 is 34.3. The number of benzene rings is 2. The molecule has 28 heavy (non-hydrogen) atoms. The molecule has 2 amide bonds. The Bertz CT molecular complexity index is 996. The maximum absolute atomic E-state index is 12.3.